The number of amides is 4. The monoisotopic (exact) mass is 397 g/mol. The molecule has 4 amide bonds. The molecule has 2 aliphatic rings. The molecular formula is C21H23N3O5. The van der Waals surface area contributed by atoms with Crippen molar-refractivity contribution in [3.05, 3.63) is 52.7 Å². The lowest BCUT2D eigenvalue weighted by atomic mass is 10.1. The van der Waals surface area contributed by atoms with E-state index < -0.39 is 17.8 Å². The first-order valence-electron chi connectivity index (χ1n) is 9.63. The highest BCUT2D eigenvalue weighted by Crippen LogP contribution is 2.24. The minimum atomic E-state index is -0.752. The van der Waals surface area contributed by atoms with Crippen molar-refractivity contribution in [2.24, 2.45) is 0 Å². The van der Waals surface area contributed by atoms with E-state index in [0.29, 0.717) is 5.76 Å². The van der Waals surface area contributed by atoms with E-state index in [1.165, 1.54) is 6.26 Å². The Morgan fingerprint density at radius 1 is 1.28 bits per heavy atom. The lowest BCUT2D eigenvalue weighted by Crippen LogP contribution is -2.53. The van der Waals surface area contributed by atoms with Crippen LogP contribution >= 0.6 is 0 Å². The molecule has 2 aromatic heterocycles. The number of carbonyl (C=O) groups is 3. The second kappa shape index (κ2) is 7.71. The van der Waals surface area contributed by atoms with Crippen LogP contribution in [0.25, 0.3) is 6.08 Å². The normalized spacial score (nSPS) is 21.3. The molecule has 0 spiro atoms. The Balaban J connectivity index is 1.61. The molecule has 0 radical (unpaired) electrons. The van der Waals surface area contributed by atoms with Crippen LogP contribution in [0, 0.1) is 13.8 Å². The summed E-state index contributed by atoms with van der Waals surface area (Å²) in [5.41, 5.74) is 2.66. The molecule has 2 saturated heterocycles. The van der Waals surface area contributed by atoms with Crippen molar-refractivity contribution in [1.82, 2.24) is 14.8 Å². The van der Waals surface area contributed by atoms with Crippen molar-refractivity contribution >= 4 is 23.9 Å². The SMILES string of the molecule is Cc1cc(/C=C2\C(=O)NC(=O)N(Cc3ccco3)C2=O)c(C)n1C[C@@H]1CCCO1. The molecule has 1 N–H and O–H groups in total. The van der Waals surface area contributed by atoms with E-state index >= 15 is 0 Å². The van der Waals surface area contributed by atoms with Crippen molar-refractivity contribution in [3.8, 4) is 0 Å². The van der Waals surface area contributed by atoms with Gasteiger partial charge in [0.2, 0.25) is 0 Å². The van der Waals surface area contributed by atoms with Crippen LogP contribution in [0.3, 0.4) is 0 Å². The molecule has 2 aromatic rings. The van der Waals surface area contributed by atoms with E-state index in [9.17, 15) is 14.4 Å². The minimum absolute atomic E-state index is 0.0413. The second-order valence-electron chi connectivity index (χ2n) is 7.36. The first-order valence-corrected chi connectivity index (χ1v) is 9.63. The summed E-state index contributed by atoms with van der Waals surface area (Å²) >= 11 is 0. The maximum absolute atomic E-state index is 12.9. The fourth-order valence-corrected chi connectivity index (χ4v) is 3.80. The number of imide groups is 2. The molecule has 2 aliphatic heterocycles. The number of urea groups is 1. The van der Waals surface area contributed by atoms with Crippen LogP contribution in [-0.2, 0) is 27.4 Å². The number of furan rings is 1. The van der Waals surface area contributed by atoms with Crippen LogP contribution in [-0.4, -0.2) is 40.0 Å². The van der Waals surface area contributed by atoms with E-state index in [-0.39, 0.29) is 18.2 Å². The highest BCUT2D eigenvalue weighted by molar-refractivity contribution is 6.31. The zero-order chi connectivity index (χ0) is 20.5. The Labute approximate surface area is 168 Å². The fourth-order valence-electron chi connectivity index (χ4n) is 3.80. The predicted octanol–water partition coefficient (Wildman–Crippen LogP) is 2.54. The topological polar surface area (TPSA) is 93.8 Å². The molecule has 0 saturated carbocycles. The third-order valence-electron chi connectivity index (χ3n) is 5.40. The Hall–Kier alpha value is -3.13. The van der Waals surface area contributed by atoms with Gasteiger partial charge < -0.3 is 13.7 Å². The molecule has 8 nitrogen and oxygen atoms in total. The lowest BCUT2D eigenvalue weighted by molar-refractivity contribution is -0.130. The average molecular weight is 397 g/mol. The highest BCUT2D eigenvalue weighted by Gasteiger charge is 2.36. The molecule has 0 bridgehead atoms. The number of ether oxygens (including phenoxy) is 1. The first-order chi connectivity index (χ1) is 13.9. The number of carbonyl (C=O) groups excluding carboxylic acids is 3. The average Bonchev–Trinajstić information content (AvgIpc) is 3.42. The quantitative estimate of drug-likeness (QED) is 0.618. The molecule has 2 fully saturated rings. The zero-order valence-electron chi connectivity index (χ0n) is 16.4. The van der Waals surface area contributed by atoms with Crippen LogP contribution in [0.2, 0.25) is 0 Å². The third-order valence-corrected chi connectivity index (χ3v) is 5.40. The number of hydrogen-bond donors (Lipinski definition) is 1. The van der Waals surface area contributed by atoms with Gasteiger partial charge in [0.15, 0.2) is 0 Å². The van der Waals surface area contributed by atoms with E-state index in [1.807, 2.05) is 19.9 Å². The van der Waals surface area contributed by atoms with Crippen LogP contribution in [0.4, 0.5) is 4.79 Å². The van der Waals surface area contributed by atoms with Crippen LogP contribution in [0.5, 0.6) is 0 Å². The van der Waals surface area contributed by atoms with Crippen LogP contribution < -0.4 is 5.32 Å². The van der Waals surface area contributed by atoms with Gasteiger partial charge in [-0.05, 0) is 56.5 Å². The summed E-state index contributed by atoms with van der Waals surface area (Å²) in [5, 5.41) is 2.23. The van der Waals surface area contributed by atoms with Crippen molar-refractivity contribution in [2.75, 3.05) is 6.61 Å². The van der Waals surface area contributed by atoms with E-state index in [0.717, 1.165) is 47.8 Å². The van der Waals surface area contributed by atoms with Crippen molar-refractivity contribution in [3.63, 3.8) is 0 Å². The second-order valence-corrected chi connectivity index (χ2v) is 7.36. The molecule has 1 atom stereocenters. The molecule has 0 aromatic carbocycles. The van der Waals surface area contributed by atoms with E-state index in [2.05, 4.69) is 9.88 Å². The van der Waals surface area contributed by atoms with Crippen LogP contribution in [0.1, 0.15) is 35.6 Å². The maximum atomic E-state index is 12.9. The number of nitrogens with one attached hydrogen (secondary N) is 1. The summed E-state index contributed by atoms with van der Waals surface area (Å²) in [4.78, 5) is 38.3. The Kier molecular flexibility index (Phi) is 5.10. The first kappa shape index (κ1) is 19.2. The molecule has 0 unspecified atom stereocenters. The predicted molar refractivity (Wildman–Crippen MR) is 104 cm³/mol. The summed E-state index contributed by atoms with van der Waals surface area (Å²) in [6, 6.07) is 4.52. The molecule has 29 heavy (non-hydrogen) atoms. The van der Waals surface area contributed by atoms with Crippen LogP contribution in [0.15, 0.2) is 34.5 Å². The number of aromatic nitrogens is 1. The largest absolute Gasteiger partial charge is 0.467 e. The van der Waals surface area contributed by atoms with Gasteiger partial charge in [-0.25, -0.2) is 4.79 Å². The van der Waals surface area contributed by atoms with Gasteiger partial charge in [0.1, 0.15) is 11.3 Å². The van der Waals surface area contributed by atoms with E-state index in [4.69, 9.17) is 9.15 Å². The maximum Gasteiger partial charge on any atom is 0.331 e. The molecule has 4 rings (SSSR count). The van der Waals surface area contributed by atoms with Crippen molar-refractivity contribution < 1.29 is 23.5 Å². The fraction of sp³-hybridized carbons (Fsp3) is 0.381. The van der Waals surface area contributed by atoms with Gasteiger partial charge in [-0.15, -0.1) is 0 Å². The number of nitrogens with zero attached hydrogens (tertiary/aromatic N) is 2. The van der Waals surface area contributed by atoms with Gasteiger partial charge in [0.25, 0.3) is 11.8 Å². The van der Waals surface area contributed by atoms with Gasteiger partial charge in [0, 0.05) is 24.5 Å². The molecular weight excluding hydrogens is 374 g/mol. The van der Waals surface area contributed by atoms with Crippen molar-refractivity contribution in [2.45, 2.75) is 45.9 Å². The van der Waals surface area contributed by atoms with Crippen molar-refractivity contribution in [1.29, 1.82) is 0 Å². The third kappa shape index (κ3) is 3.75. The van der Waals surface area contributed by atoms with Gasteiger partial charge in [-0.2, -0.15) is 0 Å². The Morgan fingerprint density at radius 2 is 2.10 bits per heavy atom. The van der Waals surface area contributed by atoms with Gasteiger partial charge in [-0.1, -0.05) is 0 Å². The van der Waals surface area contributed by atoms with Gasteiger partial charge in [0.05, 0.1) is 18.9 Å². The number of hydrogen-bond acceptors (Lipinski definition) is 5. The molecule has 8 heteroatoms. The zero-order valence-corrected chi connectivity index (χ0v) is 16.4. The minimum Gasteiger partial charge on any atom is -0.467 e. The van der Waals surface area contributed by atoms with Gasteiger partial charge >= 0.3 is 6.03 Å². The Morgan fingerprint density at radius 3 is 2.79 bits per heavy atom. The molecule has 0 aliphatic carbocycles. The number of aryl methyl sites for hydroxylation is 1. The summed E-state index contributed by atoms with van der Waals surface area (Å²) < 4.78 is 13.1. The number of rotatable bonds is 5. The summed E-state index contributed by atoms with van der Waals surface area (Å²) in [5.74, 6) is -0.879. The smallest absolute Gasteiger partial charge is 0.331 e. The highest BCUT2D eigenvalue weighted by atomic mass is 16.5. The standard InChI is InChI=1S/C21H23N3O5/c1-13-9-15(14(2)23(13)11-16-5-3-7-28-16)10-18-19(25)22-21(27)24(20(18)26)12-17-6-4-8-29-17/h4,6,8-10,16H,3,5,7,11-12H2,1-2H3,(H,22,25,27)/b18-10+/t16-/m0/s1. The summed E-state index contributed by atoms with van der Waals surface area (Å²) in [6.07, 6.45) is 5.29. The Bertz CT molecular complexity index is 980. The van der Waals surface area contributed by atoms with E-state index in [1.54, 1.807) is 18.2 Å². The number of barbiturate groups is 1. The summed E-state index contributed by atoms with van der Waals surface area (Å²) in [7, 11) is 0. The lowest BCUT2D eigenvalue weighted by Gasteiger charge is -2.25. The molecule has 4 heterocycles. The van der Waals surface area contributed by atoms with Gasteiger partial charge in [-0.3, -0.25) is 19.8 Å². The molecule has 152 valence electrons. The summed E-state index contributed by atoms with van der Waals surface area (Å²) in [6.45, 7) is 5.42.